The topological polar surface area (TPSA) is 0 Å². The molecule has 44 valence electrons. The Bertz CT molecular complexity index is 30.0. The largest absolute Gasteiger partial charge is 0 e. The van der Waals surface area contributed by atoms with Crippen LogP contribution in [0.3, 0.4) is 0 Å². The van der Waals surface area contributed by atoms with Crippen LogP contribution in [-0.2, 0) is 0 Å². The molecule has 0 aliphatic rings. The second-order valence-electron chi connectivity index (χ2n) is 1.81. The molecule has 0 amide bonds. The molecule has 8 heavy (non-hydrogen) atoms. The van der Waals surface area contributed by atoms with Crippen molar-refractivity contribution in [3.05, 3.63) is 0 Å². The zero-order valence-corrected chi connectivity index (χ0v) is 10.5. The van der Waals surface area contributed by atoms with Crippen LogP contribution in [0.5, 0.6) is 0 Å². The van der Waals surface area contributed by atoms with Gasteiger partial charge in [-0.25, -0.2) is 0 Å². The minimum absolute atomic E-state index is 0. The quantitative estimate of drug-likeness (QED) is 0.701. The van der Waals surface area contributed by atoms with E-state index in [1.165, 1.54) is 0 Å². The van der Waals surface area contributed by atoms with Gasteiger partial charge in [-0.1, -0.05) is 0 Å². The first-order chi connectivity index (χ1) is 3.35. The fraction of sp³-hybridized carbons (Fsp3) is 1.00. The van der Waals surface area contributed by atoms with Crippen LogP contribution in [0.1, 0.15) is 20.8 Å². The third-order valence-corrected chi connectivity index (χ3v) is 13.2. The first kappa shape index (κ1) is 12.2. The molecular weight excluding hydrogens is 286 g/mol. The van der Waals surface area contributed by atoms with E-state index in [4.69, 9.17) is 0 Å². The van der Waals surface area contributed by atoms with Crippen molar-refractivity contribution >= 4 is 41.6 Å². The van der Waals surface area contributed by atoms with Crippen LogP contribution in [0, 0.1) is 0 Å². The second kappa shape index (κ2) is 8.52. The van der Waals surface area contributed by atoms with Crippen LogP contribution in [0.4, 0.5) is 0 Å². The molecule has 0 saturated heterocycles. The number of hydrogen-bond donors (Lipinski definition) is 0. The zero-order chi connectivity index (χ0) is 5.70. The van der Waals surface area contributed by atoms with Crippen LogP contribution >= 0.6 is 0 Å². The molecule has 0 atom stereocenters. The molecule has 0 N–H and O–H groups in total. The molecule has 0 aromatic heterocycles. The number of rotatable bonds is 3. The summed E-state index contributed by atoms with van der Waals surface area (Å²) in [6.07, 6.45) is 0. The summed E-state index contributed by atoms with van der Waals surface area (Å²) < 4.78 is 4.70. The summed E-state index contributed by atoms with van der Waals surface area (Å²) in [5.74, 6) is 0. The molecule has 0 aromatic carbocycles. The zero-order valence-electron chi connectivity index (χ0n) is 6.62. The first-order valence-electron chi connectivity index (χ1n) is 3.18. The maximum absolute atomic E-state index is 2.36. The normalized spacial score (nSPS) is 9.00. The van der Waals surface area contributed by atoms with Gasteiger partial charge in [0.1, 0.15) is 0 Å². The molecule has 0 aliphatic heterocycles. The summed E-state index contributed by atoms with van der Waals surface area (Å²) in [6.45, 7) is 7.07. The van der Waals surface area contributed by atoms with Crippen molar-refractivity contribution in [2.45, 2.75) is 32.7 Å². The van der Waals surface area contributed by atoms with Gasteiger partial charge in [-0.2, -0.15) is 0 Å². The van der Waals surface area contributed by atoms with E-state index in [9.17, 15) is 0 Å². The van der Waals surface area contributed by atoms with Gasteiger partial charge in [0.2, 0.25) is 0 Å². The molecule has 0 rings (SSSR count). The molecule has 0 aliphatic carbocycles. The maximum Gasteiger partial charge on any atom is 0 e. The Morgan fingerprint density at radius 2 is 1.12 bits per heavy atom. The average molecular weight is 301 g/mol. The second-order valence-corrected chi connectivity index (χ2v) is 15.9. The van der Waals surface area contributed by atoms with Crippen LogP contribution in [0.2, 0.25) is 11.9 Å². The van der Waals surface area contributed by atoms with E-state index < -0.39 is 22.7 Å². The van der Waals surface area contributed by atoms with Gasteiger partial charge in [-0.05, 0) is 0 Å². The number of hydrogen-bond acceptors (Lipinski definition) is 0. The Morgan fingerprint density at radius 3 is 1.12 bits per heavy atom. The van der Waals surface area contributed by atoms with Crippen molar-refractivity contribution in [3.63, 3.8) is 0 Å². The average Bonchev–Trinajstić information content (AvgIpc) is 1.72. The molecule has 0 unspecified atom stereocenters. The summed E-state index contributed by atoms with van der Waals surface area (Å²) in [5.41, 5.74) is 0. The van der Waals surface area contributed by atoms with Crippen molar-refractivity contribution in [2.24, 2.45) is 0 Å². The predicted molar refractivity (Wildman–Crippen MR) is 43.0 cm³/mol. The van der Waals surface area contributed by atoms with E-state index >= 15 is 0 Å². The third kappa shape index (κ3) is 5.65. The van der Waals surface area contributed by atoms with Gasteiger partial charge in [0, 0.05) is 18.9 Å². The van der Waals surface area contributed by atoms with Crippen LogP contribution in [-0.4, -0.2) is 41.6 Å². The molecule has 0 heterocycles. The van der Waals surface area contributed by atoms with Gasteiger partial charge in [-0.15, -0.1) is 0 Å². The Balaban J connectivity index is 0. The van der Waals surface area contributed by atoms with Gasteiger partial charge in [0.15, 0.2) is 0 Å². The Labute approximate surface area is 73.7 Å². The fourth-order valence-corrected chi connectivity index (χ4v) is 6.58. The van der Waals surface area contributed by atoms with Crippen molar-refractivity contribution in [3.8, 4) is 0 Å². The van der Waals surface area contributed by atoms with Crippen molar-refractivity contribution in [1.29, 1.82) is 0 Å². The van der Waals surface area contributed by atoms with Gasteiger partial charge in [0.25, 0.3) is 0 Å². The third-order valence-electron chi connectivity index (χ3n) is 1.50. The van der Waals surface area contributed by atoms with E-state index in [1.54, 1.807) is 11.9 Å². The van der Waals surface area contributed by atoms with Crippen molar-refractivity contribution in [1.82, 2.24) is 0 Å². The minimum Gasteiger partial charge on any atom is 0 e. The monoisotopic (exact) mass is 302 g/mol. The minimum atomic E-state index is -0.789. The van der Waals surface area contributed by atoms with Crippen LogP contribution < -0.4 is 0 Å². The first-order valence-corrected chi connectivity index (χ1v) is 11.4. The molecule has 2 radical (unpaired) electrons. The van der Waals surface area contributed by atoms with Gasteiger partial charge < -0.3 is 0 Å². The predicted octanol–water partition coefficient (Wildman–Crippen LogP) is 2.16. The smallest absolute Gasteiger partial charge is 0 e. The van der Waals surface area contributed by atoms with Gasteiger partial charge in [0.05, 0.1) is 0 Å². The standard InChI is InChI=1S/3C2H5.Li.Pb/c3*1-2;;/h3*1H2,2H3;;. The van der Waals surface area contributed by atoms with Crippen LogP contribution in [0.25, 0.3) is 0 Å². The van der Waals surface area contributed by atoms with E-state index in [-0.39, 0.29) is 18.9 Å². The Morgan fingerprint density at radius 1 is 0.875 bits per heavy atom. The molecule has 0 fully saturated rings. The SMILES string of the molecule is C[CH2][Pb]([CH2]C)[CH2]C.[Li]. The molecule has 0 nitrogen and oxygen atoms in total. The van der Waals surface area contributed by atoms with Gasteiger partial charge >= 0.3 is 55.4 Å². The van der Waals surface area contributed by atoms with Crippen molar-refractivity contribution in [2.75, 3.05) is 0 Å². The Hall–Kier alpha value is 1.52. The summed E-state index contributed by atoms with van der Waals surface area (Å²) in [5, 5.41) is 0. The summed E-state index contributed by atoms with van der Waals surface area (Å²) in [6, 6.07) is 0. The van der Waals surface area contributed by atoms with E-state index in [2.05, 4.69) is 20.8 Å². The van der Waals surface area contributed by atoms with E-state index in [0.29, 0.717) is 0 Å². The summed E-state index contributed by atoms with van der Waals surface area (Å²) in [4.78, 5) is 0. The van der Waals surface area contributed by atoms with E-state index in [0.717, 1.165) is 0 Å². The summed E-state index contributed by atoms with van der Waals surface area (Å²) in [7, 11) is 0. The van der Waals surface area contributed by atoms with E-state index in [1.807, 2.05) is 0 Å². The maximum atomic E-state index is 2.36. The fourth-order valence-electron chi connectivity index (χ4n) is 0.750. The Kier molecular flexibility index (Phi) is 13.0. The molecule has 0 aromatic rings. The van der Waals surface area contributed by atoms with Crippen molar-refractivity contribution < 1.29 is 0 Å². The van der Waals surface area contributed by atoms with Gasteiger partial charge in [-0.3, -0.25) is 0 Å². The molecular formula is C6H15LiPb. The van der Waals surface area contributed by atoms with Crippen LogP contribution in [0.15, 0.2) is 0 Å². The molecule has 2 heteroatoms. The molecule has 0 bridgehead atoms. The summed E-state index contributed by atoms with van der Waals surface area (Å²) >= 11 is -0.789. The molecule has 0 saturated carbocycles. The molecule has 0 spiro atoms.